The molecule has 0 aliphatic carbocycles. The highest BCUT2D eigenvalue weighted by Crippen LogP contribution is 2.51. The first kappa shape index (κ1) is 25.9. The zero-order valence-corrected chi connectivity index (χ0v) is 24.3. The molecule has 0 amide bonds. The molecule has 2 unspecified atom stereocenters. The minimum absolute atomic E-state index is 0.0237. The molecule has 6 nitrogen and oxygen atoms in total. The molecular formula is C29H30Br2N2O4. The van der Waals surface area contributed by atoms with E-state index in [1.807, 2.05) is 36.4 Å². The molecule has 0 fully saturated rings. The maximum atomic E-state index is 6.63. The Balaban J connectivity index is 1.51. The molecular weight excluding hydrogens is 600 g/mol. The average molecular weight is 630 g/mol. The minimum Gasteiger partial charge on any atom is -0.497 e. The summed E-state index contributed by atoms with van der Waals surface area (Å²) in [4.78, 5) is 0. The van der Waals surface area contributed by atoms with Crippen molar-refractivity contribution in [2.24, 2.45) is 5.10 Å². The zero-order valence-electron chi connectivity index (χ0n) is 21.2. The summed E-state index contributed by atoms with van der Waals surface area (Å²) in [6, 6.07) is 18.2. The fourth-order valence-corrected chi connectivity index (χ4v) is 6.14. The number of hydrogen-bond donors (Lipinski definition) is 0. The molecule has 0 aromatic heterocycles. The van der Waals surface area contributed by atoms with Gasteiger partial charge in [-0.15, -0.1) is 0 Å². The first-order valence-electron chi connectivity index (χ1n) is 12.5. The highest BCUT2D eigenvalue weighted by molar-refractivity contribution is 9.11. The summed E-state index contributed by atoms with van der Waals surface area (Å²) in [6.45, 7) is 2.85. The van der Waals surface area contributed by atoms with Gasteiger partial charge in [0.15, 0.2) is 11.5 Å². The Kier molecular flexibility index (Phi) is 7.95. The van der Waals surface area contributed by atoms with Crippen molar-refractivity contribution in [2.45, 2.75) is 44.9 Å². The van der Waals surface area contributed by atoms with Crippen molar-refractivity contribution in [1.29, 1.82) is 0 Å². The second kappa shape index (κ2) is 11.4. The lowest BCUT2D eigenvalue weighted by atomic mass is 9.96. The Bertz CT molecular complexity index is 1300. The summed E-state index contributed by atoms with van der Waals surface area (Å²) in [5, 5.41) is 7.15. The van der Waals surface area contributed by atoms with E-state index in [0.29, 0.717) is 12.4 Å². The maximum Gasteiger partial charge on any atom is 0.214 e. The van der Waals surface area contributed by atoms with Gasteiger partial charge in [0.05, 0.1) is 37.1 Å². The second-order valence-electron chi connectivity index (χ2n) is 9.12. The fourth-order valence-electron chi connectivity index (χ4n) is 4.78. The highest BCUT2D eigenvalue weighted by atomic mass is 79.9. The van der Waals surface area contributed by atoms with E-state index in [0.717, 1.165) is 74.3 Å². The van der Waals surface area contributed by atoms with Crippen LogP contribution in [0.1, 0.15) is 61.6 Å². The molecule has 0 N–H and O–H groups in total. The van der Waals surface area contributed by atoms with Gasteiger partial charge in [-0.2, -0.15) is 5.10 Å². The van der Waals surface area contributed by atoms with Crippen LogP contribution in [-0.4, -0.2) is 31.5 Å². The molecule has 2 aliphatic rings. The number of rotatable bonds is 9. The predicted molar refractivity (Wildman–Crippen MR) is 152 cm³/mol. The molecule has 3 aromatic carbocycles. The Hall–Kier alpha value is -2.71. The number of fused-ring (bicyclic) bond motifs is 3. The van der Waals surface area contributed by atoms with Crippen molar-refractivity contribution in [1.82, 2.24) is 5.01 Å². The molecule has 3 aromatic rings. The number of benzene rings is 3. The van der Waals surface area contributed by atoms with Gasteiger partial charge in [-0.3, -0.25) is 0 Å². The van der Waals surface area contributed by atoms with Crippen molar-refractivity contribution >= 4 is 37.6 Å². The van der Waals surface area contributed by atoms with E-state index in [1.165, 1.54) is 0 Å². The highest BCUT2D eigenvalue weighted by Gasteiger charge is 2.42. The van der Waals surface area contributed by atoms with Crippen LogP contribution in [0.3, 0.4) is 0 Å². The van der Waals surface area contributed by atoms with E-state index in [1.54, 1.807) is 14.2 Å². The van der Waals surface area contributed by atoms with Crippen LogP contribution in [0, 0.1) is 0 Å². The van der Waals surface area contributed by atoms with Gasteiger partial charge in [0.25, 0.3) is 0 Å². The number of halogens is 2. The van der Waals surface area contributed by atoms with E-state index >= 15 is 0 Å². The molecule has 5 rings (SSSR count). The van der Waals surface area contributed by atoms with Gasteiger partial charge in [0.2, 0.25) is 6.23 Å². The number of hydrogen-bond acceptors (Lipinski definition) is 6. The predicted octanol–water partition coefficient (Wildman–Crippen LogP) is 8.04. The second-order valence-corrected chi connectivity index (χ2v) is 10.9. The smallest absolute Gasteiger partial charge is 0.214 e. The molecule has 0 spiro atoms. The minimum atomic E-state index is -0.422. The summed E-state index contributed by atoms with van der Waals surface area (Å²) in [6.07, 6.45) is 3.66. The monoisotopic (exact) mass is 628 g/mol. The van der Waals surface area contributed by atoms with Crippen LogP contribution in [0.4, 0.5) is 0 Å². The Morgan fingerprint density at radius 1 is 0.973 bits per heavy atom. The van der Waals surface area contributed by atoms with Crippen LogP contribution in [0.2, 0.25) is 0 Å². The normalized spacial score (nSPS) is 18.0. The summed E-state index contributed by atoms with van der Waals surface area (Å²) < 4.78 is 25.6. The molecule has 0 saturated heterocycles. The van der Waals surface area contributed by atoms with Crippen LogP contribution in [0.15, 0.2) is 68.6 Å². The van der Waals surface area contributed by atoms with Crippen LogP contribution in [-0.2, 0) is 0 Å². The third kappa shape index (κ3) is 5.32. The standard InChI is InChI=1S/C29H30Br2N2O4/c1-4-5-6-13-36-26-12-9-19(14-27(26)35-3)29-33-25(22-15-20(30)16-23(31)28(22)37-29)17-24(32-33)18-7-10-21(34-2)11-8-18/h7-12,14-16,25,29H,4-6,13,17H2,1-3H3. The van der Waals surface area contributed by atoms with Crippen LogP contribution in [0.25, 0.3) is 0 Å². The van der Waals surface area contributed by atoms with Crippen molar-refractivity contribution < 1.29 is 18.9 Å². The molecule has 8 heteroatoms. The van der Waals surface area contributed by atoms with Crippen molar-refractivity contribution in [3.8, 4) is 23.0 Å². The number of nitrogens with zero attached hydrogens (tertiary/aromatic N) is 2. The fraction of sp³-hybridized carbons (Fsp3) is 0.345. The summed E-state index contributed by atoms with van der Waals surface area (Å²) in [5.74, 6) is 3.08. The number of unbranched alkanes of at least 4 members (excludes halogenated alkanes) is 2. The van der Waals surface area contributed by atoms with Crippen LogP contribution >= 0.6 is 31.9 Å². The van der Waals surface area contributed by atoms with Gasteiger partial charge < -0.3 is 18.9 Å². The average Bonchev–Trinajstić information content (AvgIpc) is 3.37. The molecule has 0 radical (unpaired) electrons. The largest absolute Gasteiger partial charge is 0.497 e. The molecule has 0 saturated carbocycles. The zero-order chi connectivity index (χ0) is 25.9. The third-order valence-corrected chi connectivity index (χ3v) is 7.76. The topological polar surface area (TPSA) is 52.5 Å². The van der Waals surface area contributed by atoms with E-state index in [2.05, 4.69) is 62.0 Å². The number of methoxy groups -OCH3 is 2. The Morgan fingerprint density at radius 3 is 2.51 bits per heavy atom. The van der Waals surface area contributed by atoms with E-state index < -0.39 is 6.23 Å². The molecule has 2 aliphatic heterocycles. The van der Waals surface area contributed by atoms with Crippen LogP contribution in [0.5, 0.6) is 23.0 Å². The molecule has 2 atom stereocenters. The lowest BCUT2D eigenvalue weighted by Gasteiger charge is -2.38. The van der Waals surface area contributed by atoms with Gasteiger partial charge in [-0.05, 0) is 82.5 Å². The lowest BCUT2D eigenvalue weighted by molar-refractivity contribution is -0.0198. The Labute approximate surface area is 234 Å². The van der Waals surface area contributed by atoms with Gasteiger partial charge in [0.1, 0.15) is 11.5 Å². The van der Waals surface area contributed by atoms with Crippen molar-refractivity contribution in [3.63, 3.8) is 0 Å². The van der Waals surface area contributed by atoms with Gasteiger partial charge in [-0.1, -0.05) is 35.7 Å². The van der Waals surface area contributed by atoms with Crippen LogP contribution < -0.4 is 18.9 Å². The molecule has 194 valence electrons. The van der Waals surface area contributed by atoms with E-state index in [-0.39, 0.29) is 6.04 Å². The van der Waals surface area contributed by atoms with E-state index in [9.17, 15) is 0 Å². The van der Waals surface area contributed by atoms with Gasteiger partial charge in [0, 0.05) is 22.0 Å². The maximum absolute atomic E-state index is 6.63. The van der Waals surface area contributed by atoms with Crippen molar-refractivity contribution in [2.75, 3.05) is 20.8 Å². The number of ether oxygens (including phenoxy) is 4. The SMILES string of the molecule is CCCCCOc1ccc(C2Oc3c(Br)cc(Br)cc3C3CC(c4ccc(OC)cc4)=NN32)cc1OC. The van der Waals surface area contributed by atoms with Gasteiger partial charge in [-0.25, -0.2) is 5.01 Å². The Morgan fingerprint density at radius 2 is 1.78 bits per heavy atom. The quantitative estimate of drug-likeness (QED) is 0.224. The summed E-state index contributed by atoms with van der Waals surface area (Å²) in [5.41, 5.74) is 4.11. The van der Waals surface area contributed by atoms with Gasteiger partial charge >= 0.3 is 0 Å². The lowest BCUT2D eigenvalue weighted by Crippen LogP contribution is -2.34. The first-order chi connectivity index (χ1) is 18.0. The summed E-state index contributed by atoms with van der Waals surface area (Å²) in [7, 11) is 3.34. The molecule has 2 heterocycles. The third-order valence-electron chi connectivity index (χ3n) is 6.71. The molecule has 0 bridgehead atoms. The first-order valence-corrected chi connectivity index (χ1v) is 14.1. The number of hydrazone groups is 1. The van der Waals surface area contributed by atoms with E-state index in [4.69, 9.17) is 24.0 Å². The summed E-state index contributed by atoms with van der Waals surface area (Å²) >= 11 is 7.36. The molecule has 37 heavy (non-hydrogen) atoms. The van der Waals surface area contributed by atoms with Crippen molar-refractivity contribution in [3.05, 3.63) is 80.2 Å².